The summed E-state index contributed by atoms with van der Waals surface area (Å²) in [6.45, 7) is 1.79. The highest BCUT2D eigenvalue weighted by Crippen LogP contribution is 1.88. The van der Waals surface area contributed by atoms with Crippen molar-refractivity contribution >= 4 is 24.8 Å². The van der Waals surface area contributed by atoms with Gasteiger partial charge in [-0.05, 0) is 33.5 Å². The van der Waals surface area contributed by atoms with E-state index in [-0.39, 0.29) is 24.8 Å². The van der Waals surface area contributed by atoms with Crippen molar-refractivity contribution in [2.75, 3.05) is 27.2 Å². The number of hydrogen-bond acceptors (Lipinski definition) is 3. The molecular formula is C6H18Cl2N2O. The van der Waals surface area contributed by atoms with Crippen LogP contribution in [0, 0.1) is 0 Å². The summed E-state index contributed by atoms with van der Waals surface area (Å²) in [5, 5.41) is 0. The molecule has 0 radical (unpaired) electrons. The first-order chi connectivity index (χ1) is 4.27. The Labute approximate surface area is 81.0 Å². The monoisotopic (exact) mass is 204 g/mol. The topological polar surface area (TPSA) is 38.5 Å². The van der Waals surface area contributed by atoms with Gasteiger partial charge in [0.25, 0.3) is 0 Å². The number of nitrogens with zero attached hydrogens (tertiary/aromatic N) is 1. The second-order valence-corrected chi connectivity index (χ2v) is 2.38. The van der Waals surface area contributed by atoms with Crippen LogP contribution in [-0.4, -0.2) is 32.1 Å². The molecule has 0 fully saturated rings. The minimum Gasteiger partial charge on any atom is -0.309 e. The quantitative estimate of drug-likeness (QED) is 0.538. The first kappa shape index (κ1) is 17.5. The fourth-order valence-corrected chi connectivity index (χ4v) is 0.613. The number of hydrogen-bond donors (Lipinski definition) is 1. The molecule has 11 heavy (non-hydrogen) atoms. The summed E-state index contributed by atoms with van der Waals surface area (Å²) < 4.78 is 0. The average Bonchev–Trinajstić information content (AvgIpc) is 1.80. The normalized spacial score (nSPS) is 8.73. The van der Waals surface area contributed by atoms with Crippen molar-refractivity contribution in [3.63, 3.8) is 0 Å². The molecule has 0 aliphatic carbocycles. The standard InChI is InChI=1S/C6H16N2O.2ClH/c1-8(2)5-3-4-6-9-7;;/h3-7H2,1-2H3;2*1H. The van der Waals surface area contributed by atoms with Gasteiger partial charge in [0, 0.05) is 0 Å². The molecule has 5 heteroatoms. The zero-order valence-corrected chi connectivity index (χ0v) is 8.71. The Hall–Kier alpha value is 0.460. The number of nitrogens with two attached hydrogens (primary N) is 1. The Morgan fingerprint density at radius 3 is 2.09 bits per heavy atom. The third-order valence-corrected chi connectivity index (χ3v) is 1.12. The number of halogens is 2. The molecule has 0 amide bonds. The third kappa shape index (κ3) is 17.9. The summed E-state index contributed by atoms with van der Waals surface area (Å²) in [4.78, 5) is 6.55. The van der Waals surface area contributed by atoms with E-state index in [1.54, 1.807) is 0 Å². The van der Waals surface area contributed by atoms with E-state index in [1.807, 2.05) is 0 Å². The summed E-state index contributed by atoms with van der Waals surface area (Å²) in [5.41, 5.74) is 0. The predicted molar refractivity (Wildman–Crippen MR) is 52.4 cm³/mol. The van der Waals surface area contributed by atoms with Gasteiger partial charge in [0.2, 0.25) is 0 Å². The number of rotatable bonds is 5. The van der Waals surface area contributed by atoms with Gasteiger partial charge in [-0.3, -0.25) is 0 Å². The lowest BCUT2D eigenvalue weighted by molar-refractivity contribution is 0.132. The van der Waals surface area contributed by atoms with Gasteiger partial charge >= 0.3 is 0 Å². The van der Waals surface area contributed by atoms with E-state index in [9.17, 15) is 0 Å². The molecule has 2 N–H and O–H groups in total. The van der Waals surface area contributed by atoms with Gasteiger partial charge < -0.3 is 9.74 Å². The van der Waals surface area contributed by atoms with Crippen LogP contribution in [0.4, 0.5) is 0 Å². The summed E-state index contributed by atoms with van der Waals surface area (Å²) in [6, 6.07) is 0. The fourth-order valence-electron chi connectivity index (χ4n) is 0.613. The van der Waals surface area contributed by atoms with Gasteiger partial charge in [-0.1, -0.05) is 0 Å². The fraction of sp³-hybridized carbons (Fsp3) is 1.00. The second-order valence-electron chi connectivity index (χ2n) is 2.38. The average molecular weight is 205 g/mol. The van der Waals surface area contributed by atoms with Crippen LogP contribution in [0.3, 0.4) is 0 Å². The minimum absolute atomic E-state index is 0. The molecule has 0 heterocycles. The minimum atomic E-state index is 0. The summed E-state index contributed by atoms with van der Waals surface area (Å²) in [6.07, 6.45) is 2.21. The van der Waals surface area contributed by atoms with Gasteiger partial charge in [-0.25, -0.2) is 5.90 Å². The molecule has 0 saturated carbocycles. The maximum atomic E-state index is 4.83. The van der Waals surface area contributed by atoms with E-state index < -0.39 is 0 Å². The maximum absolute atomic E-state index is 4.83. The lowest BCUT2D eigenvalue weighted by Gasteiger charge is -2.07. The van der Waals surface area contributed by atoms with E-state index in [4.69, 9.17) is 5.90 Å². The molecule has 0 bridgehead atoms. The molecule has 0 aromatic heterocycles. The van der Waals surface area contributed by atoms with Crippen molar-refractivity contribution in [3.8, 4) is 0 Å². The van der Waals surface area contributed by atoms with Crippen molar-refractivity contribution in [2.45, 2.75) is 12.8 Å². The van der Waals surface area contributed by atoms with Gasteiger partial charge in [0.1, 0.15) is 0 Å². The molecule has 0 aliphatic heterocycles. The van der Waals surface area contributed by atoms with E-state index in [0.29, 0.717) is 6.61 Å². The van der Waals surface area contributed by atoms with Gasteiger partial charge in [-0.2, -0.15) is 0 Å². The SMILES string of the molecule is CN(C)CCCCON.Cl.Cl. The highest BCUT2D eigenvalue weighted by Gasteiger charge is 1.88. The molecule has 0 saturated heterocycles. The van der Waals surface area contributed by atoms with Crippen LogP contribution in [0.5, 0.6) is 0 Å². The Kier molecular flexibility index (Phi) is 20.8. The molecule has 0 aromatic carbocycles. The highest BCUT2D eigenvalue weighted by atomic mass is 35.5. The van der Waals surface area contributed by atoms with Crippen LogP contribution in [0.2, 0.25) is 0 Å². The van der Waals surface area contributed by atoms with Crippen LogP contribution in [0.25, 0.3) is 0 Å². The largest absolute Gasteiger partial charge is 0.309 e. The molecule has 0 spiro atoms. The Bertz CT molecular complexity index is 64.5. The van der Waals surface area contributed by atoms with E-state index in [1.165, 1.54) is 0 Å². The predicted octanol–water partition coefficient (Wildman–Crippen LogP) is 1.06. The molecule has 72 valence electrons. The van der Waals surface area contributed by atoms with E-state index in [2.05, 4.69) is 23.8 Å². The van der Waals surface area contributed by atoms with Gasteiger partial charge in [0.15, 0.2) is 0 Å². The van der Waals surface area contributed by atoms with Crippen LogP contribution in [0.1, 0.15) is 12.8 Å². The van der Waals surface area contributed by atoms with Crippen molar-refractivity contribution in [1.82, 2.24) is 4.90 Å². The number of unbranched alkanes of at least 4 members (excludes halogenated alkanes) is 1. The molecule has 3 nitrogen and oxygen atoms in total. The molecule has 0 rings (SSSR count). The highest BCUT2D eigenvalue weighted by molar-refractivity contribution is 5.85. The Morgan fingerprint density at radius 1 is 1.18 bits per heavy atom. The second kappa shape index (κ2) is 13.1. The first-order valence-corrected chi connectivity index (χ1v) is 3.24. The Balaban J connectivity index is -0.000000320. The Morgan fingerprint density at radius 2 is 1.73 bits per heavy atom. The van der Waals surface area contributed by atoms with Crippen LogP contribution >= 0.6 is 24.8 Å². The van der Waals surface area contributed by atoms with E-state index >= 15 is 0 Å². The lowest BCUT2D eigenvalue weighted by atomic mass is 10.3. The molecule has 0 aliphatic rings. The molecule has 0 atom stereocenters. The van der Waals surface area contributed by atoms with Crippen molar-refractivity contribution in [1.29, 1.82) is 0 Å². The maximum Gasteiger partial charge on any atom is 0.0679 e. The smallest absolute Gasteiger partial charge is 0.0679 e. The summed E-state index contributed by atoms with van der Waals surface area (Å²) >= 11 is 0. The zero-order chi connectivity index (χ0) is 7.11. The molecule has 0 aromatic rings. The van der Waals surface area contributed by atoms with Crippen molar-refractivity contribution in [2.24, 2.45) is 5.90 Å². The van der Waals surface area contributed by atoms with E-state index in [0.717, 1.165) is 19.4 Å². The first-order valence-electron chi connectivity index (χ1n) is 3.24. The molecular weight excluding hydrogens is 187 g/mol. The zero-order valence-electron chi connectivity index (χ0n) is 7.08. The van der Waals surface area contributed by atoms with Crippen molar-refractivity contribution in [3.05, 3.63) is 0 Å². The van der Waals surface area contributed by atoms with Gasteiger partial charge in [-0.15, -0.1) is 24.8 Å². The molecule has 0 unspecified atom stereocenters. The van der Waals surface area contributed by atoms with Crippen LogP contribution in [-0.2, 0) is 4.84 Å². The third-order valence-electron chi connectivity index (χ3n) is 1.12. The van der Waals surface area contributed by atoms with Crippen LogP contribution in [0.15, 0.2) is 0 Å². The van der Waals surface area contributed by atoms with Crippen molar-refractivity contribution < 1.29 is 4.84 Å². The summed E-state index contributed by atoms with van der Waals surface area (Å²) in [7, 11) is 4.12. The summed E-state index contributed by atoms with van der Waals surface area (Å²) in [5.74, 6) is 4.83. The lowest BCUT2D eigenvalue weighted by Crippen LogP contribution is -2.13. The van der Waals surface area contributed by atoms with Gasteiger partial charge in [0.05, 0.1) is 6.61 Å². The van der Waals surface area contributed by atoms with Crippen LogP contribution < -0.4 is 5.90 Å².